The molecule has 0 aliphatic carbocycles. The van der Waals surface area contributed by atoms with Gasteiger partial charge in [0, 0.05) is 25.3 Å². The van der Waals surface area contributed by atoms with Crippen molar-refractivity contribution in [1.29, 1.82) is 0 Å². The average Bonchev–Trinajstić information content (AvgIpc) is 2.79. The van der Waals surface area contributed by atoms with Crippen molar-refractivity contribution >= 4 is 31.6 Å². The van der Waals surface area contributed by atoms with Gasteiger partial charge in [-0.2, -0.15) is 8.61 Å². The highest BCUT2D eigenvalue weighted by Crippen LogP contribution is 2.21. The van der Waals surface area contributed by atoms with Crippen LogP contribution < -0.4 is 10.1 Å². The molecule has 0 aliphatic rings. The predicted octanol–water partition coefficient (Wildman–Crippen LogP) is 2.54. The molecule has 9 nitrogen and oxygen atoms in total. The first kappa shape index (κ1) is 26.5. The predicted molar refractivity (Wildman–Crippen MR) is 127 cm³/mol. The van der Waals surface area contributed by atoms with Gasteiger partial charge in [0.15, 0.2) is 0 Å². The van der Waals surface area contributed by atoms with E-state index in [4.69, 9.17) is 4.74 Å². The second-order valence-corrected chi connectivity index (χ2v) is 10.8. The minimum absolute atomic E-state index is 0.00487. The van der Waals surface area contributed by atoms with Crippen LogP contribution in [0, 0.1) is 0 Å². The van der Waals surface area contributed by atoms with Crippen molar-refractivity contribution in [3.05, 3.63) is 61.2 Å². The van der Waals surface area contributed by atoms with E-state index in [0.29, 0.717) is 18.8 Å². The summed E-state index contributed by atoms with van der Waals surface area (Å²) in [7, 11) is -6.21. The van der Waals surface area contributed by atoms with Crippen LogP contribution in [0.15, 0.2) is 71.0 Å². The second-order valence-electron chi connectivity index (χ2n) is 6.93. The summed E-state index contributed by atoms with van der Waals surface area (Å²) in [4.78, 5) is 12.7. The van der Waals surface area contributed by atoms with Gasteiger partial charge in [-0.25, -0.2) is 16.8 Å². The van der Waals surface area contributed by atoms with Gasteiger partial charge in [0.2, 0.25) is 26.0 Å². The number of benzene rings is 2. The Bertz CT molecular complexity index is 1170. The molecule has 0 saturated heterocycles. The van der Waals surface area contributed by atoms with Crippen LogP contribution in [0.4, 0.5) is 5.69 Å². The van der Waals surface area contributed by atoms with Crippen LogP contribution in [0.5, 0.6) is 5.75 Å². The Kier molecular flexibility index (Phi) is 9.17. The SMILES string of the molecule is C=CCN(CC(=O)Nc1cccc(S(=O)(=O)N(CC)CC)c1)S(=O)(=O)c1ccc(OC)cc1. The average molecular weight is 496 g/mol. The topological polar surface area (TPSA) is 113 Å². The van der Waals surface area contributed by atoms with Crippen LogP contribution in [0.2, 0.25) is 0 Å². The first-order valence-electron chi connectivity index (χ1n) is 10.2. The van der Waals surface area contributed by atoms with Crippen molar-refractivity contribution in [3.63, 3.8) is 0 Å². The third-order valence-corrected chi connectivity index (χ3v) is 8.68. The number of carbonyl (C=O) groups excluding carboxylic acids is 1. The molecule has 0 heterocycles. The maximum Gasteiger partial charge on any atom is 0.243 e. The molecule has 180 valence electrons. The number of hydrogen-bond acceptors (Lipinski definition) is 6. The molecular weight excluding hydrogens is 466 g/mol. The van der Waals surface area contributed by atoms with Crippen molar-refractivity contribution in [2.45, 2.75) is 23.6 Å². The molecule has 11 heteroatoms. The fourth-order valence-electron chi connectivity index (χ4n) is 3.10. The zero-order valence-corrected chi connectivity index (χ0v) is 20.5. The van der Waals surface area contributed by atoms with E-state index in [1.807, 2.05) is 0 Å². The van der Waals surface area contributed by atoms with Crippen molar-refractivity contribution in [3.8, 4) is 5.75 Å². The zero-order chi connectivity index (χ0) is 24.6. The minimum atomic E-state index is -3.98. The molecule has 0 radical (unpaired) electrons. The molecule has 0 spiro atoms. The quantitative estimate of drug-likeness (QED) is 0.453. The van der Waals surface area contributed by atoms with Crippen molar-refractivity contribution < 1.29 is 26.4 Å². The molecule has 0 unspecified atom stereocenters. The summed E-state index contributed by atoms with van der Waals surface area (Å²) in [5.41, 5.74) is 0.244. The normalized spacial score (nSPS) is 12.0. The number of methoxy groups -OCH3 is 1. The standard InChI is InChI=1S/C22H29N3O6S2/c1-5-15-25(32(27,28)20-13-11-19(31-4)12-14-20)17-22(26)23-18-9-8-10-21(16-18)33(29,30)24(6-2)7-3/h5,8-14,16H,1,6-7,15,17H2,2-4H3,(H,23,26). The molecule has 0 aromatic heterocycles. The summed E-state index contributed by atoms with van der Waals surface area (Å²) in [6, 6.07) is 11.7. The number of nitrogens with zero attached hydrogens (tertiary/aromatic N) is 2. The lowest BCUT2D eigenvalue weighted by molar-refractivity contribution is -0.116. The molecule has 0 atom stereocenters. The molecule has 1 N–H and O–H groups in total. The highest BCUT2D eigenvalue weighted by molar-refractivity contribution is 7.89. The lowest BCUT2D eigenvalue weighted by Gasteiger charge is -2.21. The molecule has 1 amide bonds. The van der Waals surface area contributed by atoms with E-state index in [2.05, 4.69) is 11.9 Å². The number of hydrogen-bond donors (Lipinski definition) is 1. The van der Waals surface area contributed by atoms with E-state index in [9.17, 15) is 21.6 Å². The third-order valence-electron chi connectivity index (χ3n) is 4.81. The molecule has 2 aromatic rings. The number of sulfonamides is 2. The van der Waals surface area contributed by atoms with Gasteiger partial charge >= 0.3 is 0 Å². The largest absolute Gasteiger partial charge is 0.497 e. The molecule has 0 bridgehead atoms. The Balaban J connectivity index is 2.22. The van der Waals surface area contributed by atoms with E-state index < -0.39 is 32.5 Å². The van der Waals surface area contributed by atoms with E-state index >= 15 is 0 Å². The van der Waals surface area contributed by atoms with Gasteiger partial charge in [0.05, 0.1) is 23.4 Å². The van der Waals surface area contributed by atoms with Gasteiger partial charge in [-0.05, 0) is 42.5 Å². The summed E-state index contributed by atoms with van der Waals surface area (Å²) in [6.45, 7) is 7.11. The lowest BCUT2D eigenvalue weighted by atomic mass is 10.3. The summed E-state index contributed by atoms with van der Waals surface area (Å²) >= 11 is 0. The molecular formula is C22H29N3O6S2. The van der Waals surface area contributed by atoms with Crippen molar-refractivity contribution in [1.82, 2.24) is 8.61 Å². The van der Waals surface area contributed by atoms with Crippen molar-refractivity contribution in [2.24, 2.45) is 0 Å². The molecule has 0 fully saturated rings. The Morgan fingerprint density at radius 3 is 2.12 bits per heavy atom. The highest BCUT2D eigenvalue weighted by Gasteiger charge is 2.26. The van der Waals surface area contributed by atoms with Crippen LogP contribution in [-0.2, 0) is 24.8 Å². The van der Waals surface area contributed by atoms with E-state index in [0.717, 1.165) is 4.31 Å². The first-order valence-corrected chi connectivity index (χ1v) is 13.1. The number of rotatable bonds is 12. The van der Waals surface area contributed by atoms with Gasteiger partial charge in [-0.15, -0.1) is 6.58 Å². The Morgan fingerprint density at radius 1 is 0.970 bits per heavy atom. The Labute approximate surface area is 195 Å². The van der Waals surface area contributed by atoms with Gasteiger partial charge < -0.3 is 10.1 Å². The van der Waals surface area contributed by atoms with Crippen LogP contribution in [0.25, 0.3) is 0 Å². The van der Waals surface area contributed by atoms with Gasteiger partial charge in [-0.1, -0.05) is 26.0 Å². The van der Waals surface area contributed by atoms with Crippen LogP contribution >= 0.6 is 0 Å². The first-order chi connectivity index (χ1) is 15.6. The van der Waals surface area contributed by atoms with Gasteiger partial charge in [0.1, 0.15) is 5.75 Å². The third kappa shape index (κ3) is 6.41. The summed E-state index contributed by atoms with van der Waals surface area (Å²) in [6.07, 6.45) is 1.38. The van der Waals surface area contributed by atoms with E-state index in [1.54, 1.807) is 13.8 Å². The highest BCUT2D eigenvalue weighted by atomic mass is 32.2. The zero-order valence-electron chi connectivity index (χ0n) is 18.9. The maximum atomic E-state index is 13.0. The monoisotopic (exact) mass is 495 g/mol. The number of anilines is 1. The molecule has 33 heavy (non-hydrogen) atoms. The van der Waals surface area contributed by atoms with Gasteiger partial charge in [-0.3, -0.25) is 4.79 Å². The number of nitrogens with one attached hydrogen (secondary N) is 1. The number of ether oxygens (including phenoxy) is 1. The van der Waals surface area contributed by atoms with Crippen LogP contribution in [0.1, 0.15) is 13.8 Å². The summed E-state index contributed by atoms with van der Waals surface area (Å²) in [5.74, 6) is -0.118. The van der Waals surface area contributed by atoms with Crippen molar-refractivity contribution in [2.75, 3.05) is 38.6 Å². The fraction of sp³-hybridized carbons (Fsp3) is 0.318. The Hall–Kier alpha value is -2.73. The number of amides is 1. The number of carbonyl (C=O) groups is 1. The second kappa shape index (κ2) is 11.4. The Morgan fingerprint density at radius 2 is 1.58 bits per heavy atom. The summed E-state index contributed by atoms with van der Waals surface area (Å²) in [5, 5.41) is 2.58. The van der Waals surface area contributed by atoms with Crippen LogP contribution in [-0.4, -0.2) is 64.6 Å². The van der Waals surface area contributed by atoms with E-state index in [1.165, 1.54) is 66.0 Å². The van der Waals surface area contributed by atoms with E-state index in [-0.39, 0.29) is 22.0 Å². The molecule has 2 rings (SSSR count). The fourth-order valence-corrected chi connectivity index (χ4v) is 5.97. The molecule has 2 aromatic carbocycles. The summed E-state index contributed by atoms with van der Waals surface area (Å²) < 4.78 is 58.8. The van der Waals surface area contributed by atoms with Crippen LogP contribution in [0.3, 0.4) is 0 Å². The molecule has 0 aliphatic heterocycles. The maximum absolute atomic E-state index is 13.0. The molecule has 0 saturated carbocycles. The smallest absolute Gasteiger partial charge is 0.243 e. The van der Waals surface area contributed by atoms with Gasteiger partial charge in [0.25, 0.3) is 0 Å². The minimum Gasteiger partial charge on any atom is -0.497 e. The lowest BCUT2D eigenvalue weighted by Crippen LogP contribution is -2.38.